The summed E-state index contributed by atoms with van der Waals surface area (Å²) in [6.45, 7) is 0. The first kappa shape index (κ1) is 4.65. The number of hydrogen-bond acceptors (Lipinski definition) is 1. The molecule has 0 aliphatic carbocycles. The fourth-order valence-corrected chi connectivity index (χ4v) is 1.07. The van der Waals surface area contributed by atoms with Gasteiger partial charge in [0.15, 0.2) is 0 Å². The minimum absolute atomic E-state index is 0.00926. The molecule has 0 saturated carbocycles. The first-order valence-electron chi connectivity index (χ1n) is 1.97. The summed E-state index contributed by atoms with van der Waals surface area (Å²) >= 11 is 0. The summed E-state index contributed by atoms with van der Waals surface area (Å²) in [5, 5.41) is 2.88. The maximum atomic E-state index is 5.43. The Morgan fingerprint density at radius 3 is 2.57 bits per heavy atom. The standard InChI is InChI=1S/C5H7NS/c1-7-4-2-3-5(7)6/h2-4H,1,6H2. The molecule has 1 nitrogen and oxygen atoms in total. The predicted molar refractivity (Wildman–Crippen MR) is 36.1 cm³/mol. The fourth-order valence-electron chi connectivity index (χ4n) is 0.395. The third kappa shape index (κ3) is 0.747. The van der Waals surface area contributed by atoms with Crippen molar-refractivity contribution in [2.45, 2.75) is 0 Å². The van der Waals surface area contributed by atoms with Gasteiger partial charge in [0.1, 0.15) is 0 Å². The molecule has 0 aromatic carbocycles. The van der Waals surface area contributed by atoms with Gasteiger partial charge in [-0.3, -0.25) is 0 Å². The van der Waals surface area contributed by atoms with E-state index in [1.807, 2.05) is 17.6 Å². The Hall–Kier alpha value is -0.500. The minimum atomic E-state index is -0.00926. The van der Waals surface area contributed by atoms with Crippen molar-refractivity contribution in [2.75, 3.05) is 0 Å². The van der Waals surface area contributed by atoms with Crippen LogP contribution in [0.5, 0.6) is 0 Å². The smallest absolute Gasteiger partial charge is 0.0634 e. The number of hydrogen-bond donors (Lipinski definition) is 1. The average molecular weight is 113 g/mol. The number of rotatable bonds is 0. The van der Waals surface area contributed by atoms with Crippen molar-refractivity contribution >= 4 is 16.4 Å². The van der Waals surface area contributed by atoms with Crippen molar-refractivity contribution in [1.82, 2.24) is 0 Å². The molecule has 1 aliphatic rings. The summed E-state index contributed by atoms with van der Waals surface area (Å²) < 4.78 is 0. The summed E-state index contributed by atoms with van der Waals surface area (Å²) in [5.41, 5.74) is 5.43. The van der Waals surface area contributed by atoms with Gasteiger partial charge >= 0.3 is 0 Å². The van der Waals surface area contributed by atoms with Gasteiger partial charge in [0.2, 0.25) is 0 Å². The highest BCUT2D eigenvalue weighted by Crippen LogP contribution is 2.23. The quantitative estimate of drug-likeness (QED) is 0.466. The first-order valence-corrected chi connectivity index (χ1v) is 3.43. The van der Waals surface area contributed by atoms with Crippen molar-refractivity contribution in [2.24, 2.45) is 5.73 Å². The van der Waals surface area contributed by atoms with Crippen LogP contribution in [0.3, 0.4) is 0 Å². The van der Waals surface area contributed by atoms with E-state index in [4.69, 9.17) is 5.73 Å². The highest BCUT2D eigenvalue weighted by Gasteiger charge is 1.92. The molecule has 1 aliphatic heterocycles. The Morgan fingerprint density at radius 2 is 2.43 bits per heavy atom. The van der Waals surface area contributed by atoms with Crippen molar-refractivity contribution < 1.29 is 0 Å². The Labute approximate surface area is 45.4 Å². The van der Waals surface area contributed by atoms with Crippen LogP contribution in [0, 0.1) is 0 Å². The Kier molecular flexibility index (Phi) is 1.02. The molecule has 0 saturated heterocycles. The van der Waals surface area contributed by atoms with Crippen LogP contribution >= 0.6 is 10.5 Å². The molecule has 38 valence electrons. The molecule has 0 spiro atoms. The second-order valence-corrected chi connectivity index (χ2v) is 2.93. The maximum Gasteiger partial charge on any atom is 0.0634 e. The lowest BCUT2D eigenvalue weighted by molar-refractivity contribution is 1.56. The predicted octanol–water partition coefficient (Wildman–Crippen LogP) is 1.01. The van der Waals surface area contributed by atoms with Crippen LogP contribution in [-0.2, 0) is 0 Å². The molecule has 0 aromatic rings. The molecule has 0 aromatic heterocycles. The van der Waals surface area contributed by atoms with Gasteiger partial charge < -0.3 is 5.73 Å². The zero-order valence-electron chi connectivity index (χ0n) is 3.92. The maximum absolute atomic E-state index is 5.43. The first-order chi connectivity index (χ1) is 3.30. The Bertz CT molecular complexity index is 155. The van der Waals surface area contributed by atoms with Gasteiger partial charge in [0.05, 0.1) is 5.03 Å². The van der Waals surface area contributed by atoms with E-state index in [9.17, 15) is 0 Å². The van der Waals surface area contributed by atoms with Gasteiger partial charge in [0, 0.05) is 0 Å². The fraction of sp³-hybridized carbons (Fsp3) is 0. The minimum Gasteiger partial charge on any atom is -0.394 e. The van der Waals surface area contributed by atoms with Crippen molar-refractivity contribution in [3.8, 4) is 0 Å². The summed E-state index contributed by atoms with van der Waals surface area (Å²) in [6, 6.07) is 0. The molecule has 2 N–H and O–H groups in total. The van der Waals surface area contributed by atoms with E-state index >= 15 is 0 Å². The van der Waals surface area contributed by atoms with E-state index in [-0.39, 0.29) is 10.5 Å². The summed E-state index contributed by atoms with van der Waals surface area (Å²) in [5.74, 6) is 3.77. The molecular formula is C5H7NS. The summed E-state index contributed by atoms with van der Waals surface area (Å²) in [7, 11) is -0.00926. The molecule has 0 amide bonds. The van der Waals surface area contributed by atoms with Crippen LogP contribution < -0.4 is 5.73 Å². The molecule has 7 heavy (non-hydrogen) atoms. The molecule has 0 fully saturated rings. The van der Waals surface area contributed by atoms with Crippen LogP contribution in [0.4, 0.5) is 0 Å². The highest BCUT2D eigenvalue weighted by molar-refractivity contribution is 8.20. The molecular weight excluding hydrogens is 106 g/mol. The van der Waals surface area contributed by atoms with Crippen molar-refractivity contribution in [3.63, 3.8) is 0 Å². The molecule has 1 unspecified atom stereocenters. The average Bonchev–Trinajstić information content (AvgIpc) is 1.91. The summed E-state index contributed by atoms with van der Waals surface area (Å²) in [6.07, 6.45) is 3.82. The lowest BCUT2D eigenvalue weighted by Crippen LogP contribution is -1.87. The number of allylic oxidation sites excluding steroid dienone is 2. The lowest BCUT2D eigenvalue weighted by atomic mass is 10.6. The Morgan fingerprint density at radius 1 is 1.71 bits per heavy atom. The van der Waals surface area contributed by atoms with E-state index in [1.54, 1.807) is 0 Å². The molecule has 1 rings (SSSR count). The van der Waals surface area contributed by atoms with E-state index in [2.05, 4.69) is 5.87 Å². The molecule has 0 bridgehead atoms. The van der Waals surface area contributed by atoms with Crippen LogP contribution in [0.2, 0.25) is 0 Å². The van der Waals surface area contributed by atoms with Crippen LogP contribution in [-0.4, -0.2) is 5.87 Å². The third-order valence-electron chi connectivity index (χ3n) is 0.806. The van der Waals surface area contributed by atoms with E-state index < -0.39 is 0 Å². The van der Waals surface area contributed by atoms with E-state index in [0.717, 1.165) is 5.03 Å². The van der Waals surface area contributed by atoms with Gasteiger partial charge in [-0.2, -0.15) is 0 Å². The zero-order valence-corrected chi connectivity index (χ0v) is 4.74. The van der Waals surface area contributed by atoms with Gasteiger partial charge in [-0.15, -0.1) is 10.5 Å². The normalized spacial score (nSPS) is 28.0. The largest absolute Gasteiger partial charge is 0.394 e. The Balaban J connectivity index is 2.89. The van der Waals surface area contributed by atoms with Crippen LogP contribution in [0.15, 0.2) is 22.6 Å². The van der Waals surface area contributed by atoms with Gasteiger partial charge in [0.25, 0.3) is 0 Å². The molecule has 1 atom stereocenters. The van der Waals surface area contributed by atoms with Gasteiger partial charge in [-0.05, 0) is 11.5 Å². The monoisotopic (exact) mass is 113 g/mol. The SMILES string of the molecule is C=S1C=CC=C1N. The molecule has 1 heterocycles. The summed E-state index contributed by atoms with van der Waals surface area (Å²) in [4.78, 5) is 0. The lowest BCUT2D eigenvalue weighted by Gasteiger charge is -1.90. The van der Waals surface area contributed by atoms with Gasteiger partial charge in [-0.1, -0.05) is 11.9 Å². The van der Waals surface area contributed by atoms with Gasteiger partial charge in [-0.25, -0.2) is 0 Å². The molecule has 2 heteroatoms. The second-order valence-electron chi connectivity index (χ2n) is 1.33. The second kappa shape index (κ2) is 1.54. The van der Waals surface area contributed by atoms with Crippen molar-refractivity contribution in [3.05, 3.63) is 22.6 Å². The highest BCUT2D eigenvalue weighted by atomic mass is 32.2. The van der Waals surface area contributed by atoms with Crippen LogP contribution in [0.25, 0.3) is 0 Å². The van der Waals surface area contributed by atoms with E-state index in [1.165, 1.54) is 0 Å². The van der Waals surface area contributed by atoms with Crippen LogP contribution in [0.1, 0.15) is 0 Å². The zero-order chi connectivity index (χ0) is 5.28. The van der Waals surface area contributed by atoms with E-state index in [0.29, 0.717) is 0 Å². The number of nitrogens with two attached hydrogens (primary N) is 1. The van der Waals surface area contributed by atoms with Crippen molar-refractivity contribution in [1.29, 1.82) is 0 Å². The molecule has 0 radical (unpaired) electrons. The third-order valence-corrected chi connectivity index (χ3v) is 2.03. The topological polar surface area (TPSA) is 26.0 Å².